The standard InChI is InChI=1S/C16H19IN2/c1-10-7-8-13(12(3)9-10)16(19-18)14-6-4-5-11(2)15(14)17/h4-9,16,19H,18H2,1-3H3. The lowest BCUT2D eigenvalue weighted by Crippen LogP contribution is -2.30. The molecule has 0 aliphatic heterocycles. The van der Waals surface area contributed by atoms with E-state index in [1.807, 2.05) is 0 Å². The first-order chi connectivity index (χ1) is 9.04. The van der Waals surface area contributed by atoms with Gasteiger partial charge in [-0.3, -0.25) is 5.84 Å². The molecule has 0 aliphatic carbocycles. The van der Waals surface area contributed by atoms with Crippen LogP contribution in [-0.4, -0.2) is 0 Å². The van der Waals surface area contributed by atoms with Crippen LogP contribution in [-0.2, 0) is 0 Å². The van der Waals surface area contributed by atoms with Crippen LogP contribution in [0.1, 0.15) is 33.9 Å². The summed E-state index contributed by atoms with van der Waals surface area (Å²) in [5, 5.41) is 0. The summed E-state index contributed by atoms with van der Waals surface area (Å²) < 4.78 is 1.27. The van der Waals surface area contributed by atoms with Crippen LogP contribution in [0.5, 0.6) is 0 Å². The Balaban J connectivity index is 2.53. The highest BCUT2D eigenvalue weighted by molar-refractivity contribution is 14.1. The Labute approximate surface area is 128 Å². The minimum Gasteiger partial charge on any atom is -0.271 e. The number of nitrogens with two attached hydrogens (primary N) is 1. The number of hydrogen-bond donors (Lipinski definition) is 2. The lowest BCUT2D eigenvalue weighted by Gasteiger charge is -2.21. The number of benzene rings is 2. The molecule has 2 aromatic rings. The van der Waals surface area contributed by atoms with E-state index in [2.05, 4.69) is 85.2 Å². The van der Waals surface area contributed by atoms with Gasteiger partial charge in [-0.05, 0) is 65.6 Å². The first-order valence-electron chi connectivity index (χ1n) is 6.33. The third kappa shape index (κ3) is 2.99. The highest BCUT2D eigenvalue weighted by atomic mass is 127. The van der Waals surface area contributed by atoms with Crippen LogP contribution in [0, 0.1) is 24.3 Å². The zero-order valence-corrected chi connectivity index (χ0v) is 13.7. The monoisotopic (exact) mass is 366 g/mol. The highest BCUT2D eigenvalue weighted by Crippen LogP contribution is 2.29. The Morgan fingerprint density at radius 2 is 1.74 bits per heavy atom. The first-order valence-corrected chi connectivity index (χ1v) is 7.40. The minimum atomic E-state index is 0.0346. The van der Waals surface area contributed by atoms with Crippen molar-refractivity contribution in [2.24, 2.45) is 5.84 Å². The van der Waals surface area contributed by atoms with Crippen LogP contribution in [0.3, 0.4) is 0 Å². The molecule has 0 aliphatic rings. The first kappa shape index (κ1) is 14.5. The summed E-state index contributed by atoms with van der Waals surface area (Å²) in [6.45, 7) is 6.37. The highest BCUT2D eigenvalue weighted by Gasteiger charge is 2.17. The average Bonchev–Trinajstić information content (AvgIpc) is 2.37. The molecule has 0 heterocycles. The van der Waals surface area contributed by atoms with E-state index in [-0.39, 0.29) is 6.04 Å². The second-order valence-corrected chi connectivity index (χ2v) is 6.02. The Morgan fingerprint density at radius 3 is 2.37 bits per heavy atom. The van der Waals surface area contributed by atoms with Crippen LogP contribution in [0.4, 0.5) is 0 Å². The van der Waals surface area contributed by atoms with E-state index in [4.69, 9.17) is 5.84 Å². The van der Waals surface area contributed by atoms with E-state index in [1.165, 1.54) is 31.4 Å². The smallest absolute Gasteiger partial charge is 0.0722 e. The summed E-state index contributed by atoms with van der Waals surface area (Å²) in [6, 6.07) is 12.9. The number of nitrogens with one attached hydrogen (secondary N) is 1. The number of rotatable bonds is 3. The Hall–Kier alpha value is -0.910. The van der Waals surface area contributed by atoms with Crippen molar-refractivity contribution < 1.29 is 0 Å². The second-order valence-electron chi connectivity index (χ2n) is 4.94. The van der Waals surface area contributed by atoms with E-state index < -0.39 is 0 Å². The largest absolute Gasteiger partial charge is 0.271 e. The Morgan fingerprint density at radius 1 is 1.00 bits per heavy atom. The molecular weight excluding hydrogens is 347 g/mol. The predicted octanol–water partition coefficient (Wildman–Crippen LogP) is 3.77. The van der Waals surface area contributed by atoms with Crippen molar-refractivity contribution in [3.05, 3.63) is 67.8 Å². The molecule has 19 heavy (non-hydrogen) atoms. The predicted molar refractivity (Wildman–Crippen MR) is 89.0 cm³/mol. The van der Waals surface area contributed by atoms with Crippen molar-refractivity contribution in [3.63, 3.8) is 0 Å². The van der Waals surface area contributed by atoms with Gasteiger partial charge in [0.05, 0.1) is 6.04 Å². The van der Waals surface area contributed by atoms with Gasteiger partial charge in [0.15, 0.2) is 0 Å². The number of hydrazine groups is 1. The topological polar surface area (TPSA) is 38.0 Å². The van der Waals surface area contributed by atoms with Gasteiger partial charge in [-0.1, -0.05) is 42.0 Å². The Bertz CT molecular complexity index is 593. The van der Waals surface area contributed by atoms with Gasteiger partial charge in [0.25, 0.3) is 0 Å². The molecule has 3 N–H and O–H groups in total. The molecule has 100 valence electrons. The number of hydrogen-bond acceptors (Lipinski definition) is 2. The molecule has 2 nitrogen and oxygen atoms in total. The van der Waals surface area contributed by atoms with Gasteiger partial charge >= 0.3 is 0 Å². The summed E-state index contributed by atoms with van der Waals surface area (Å²) in [4.78, 5) is 0. The molecule has 0 amide bonds. The fourth-order valence-electron chi connectivity index (χ4n) is 2.39. The maximum atomic E-state index is 5.81. The maximum Gasteiger partial charge on any atom is 0.0722 e. The molecule has 2 aromatic carbocycles. The van der Waals surface area contributed by atoms with Crippen LogP contribution in [0.25, 0.3) is 0 Å². The number of aryl methyl sites for hydroxylation is 3. The third-order valence-electron chi connectivity index (χ3n) is 3.44. The lowest BCUT2D eigenvalue weighted by molar-refractivity contribution is 0.630. The summed E-state index contributed by atoms with van der Waals surface area (Å²) in [6.07, 6.45) is 0. The average molecular weight is 366 g/mol. The molecule has 0 aromatic heterocycles. The summed E-state index contributed by atoms with van der Waals surface area (Å²) in [5.74, 6) is 5.81. The molecule has 0 radical (unpaired) electrons. The van der Waals surface area contributed by atoms with Crippen molar-refractivity contribution in [2.75, 3.05) is 0 Å². The zero-order chi connectivity index (χ0) is 14.0. The van der Waals surface area contributed by atoms with Crippen molar-refractivity contribution >= 4 is 22.6 Å². The SMILES string of the molecule is Cc1ccc(C(NN)c2cccc(C)c2I)c(C)c1. The lowest BCUT2D eigenvalue weighted by atomic mass is 9.93. The quantitative estimate of drug-likeness (QED) is 0.493. The third-order valence-corrected chi connectivity index (χ3v) is 4.91. The van der Waals surface area contributed by atoms with Gasteiger partial charge < -0.3 is 0 Å². The summed E-state index contributed by atoms with van der Waals surface area (Å²) >= 11 is 2.39. The van der Waals surface area contributed by atoms with Crippen molar-refractivity contribution in [1.82, 2.24) is 5.43 Å². The molecule has 0 saturated heterocycles. The minimum absolute atomic E-state index is 0.0346. The fourth-order valence-corrected chi connectivity index (χ4v) is 3.06. The van der Waals surface area contributed by atoms with Gasteiger partial charge in [-0.2, -0.15) is 0 Å². The second kappa shape index (κ2) is 6.03. The molecule has 0 saturated carbocycles. The molecule has 0 bridgehead atoms. The van der Waals surface area contributed by atoms with Crippen molar-refractivity contribution in [3.8, 4) is 0 Å². The molecule has 0 fully saturated rings. The fraction of sp³-hybridized carbons (Fsp3) is 0.250. The van der Waals surface area contributed by atoms with Gasteiger partial charge in [0.2, 0.25) is 0 Å². The molecule has 0 spiro atoms. The van der Waals surface area contributed by atoms with Crippen molar-refractivity contribution in [2.45, 2.75) is 26.8 Å². The Kier molecular flexibility index (Phi) is 4.60. The normalized spacial score (nSPS) is 12.5. The number of halogens is 1. The van der Waals surface area contributed by atoms with Gasteiger partial charge in [0, 0.05) is 3.57 Å². The molecule has 1 unspecified atom stereocenters. The molecule has 2 rings (SSSR count). The van der Waals surface area contributed by atoms with Crippen molar-refractivity contribution in [1.29, 1.82) is 0 Å². The van der Waals surface area contributed by atoms with E-state index in [0.29, 0.717) is 0 Å². The summed E-state index contributed by atoms with van der Waals surface area (Å²) in [7, 11) is 0. The van der Waals surface area contributed by atoms with Crippen LogP contribution in [0.15, 0.2) is 36.4 Å². The molecule has 1 atom stereocenters. The van der Waals surface area contributed by atoms with E-state index in [0.717, 1.165) is 0 Å². The van der Waals surface area contributed by atoms with Crippen LogP contribution in [0.2, 0.25) is 0 Å². The zero-order valence-electron chi connectivity index (χ0n) is 11.5. The molecular formula is C16H19IN2. The van der Waals surface area contributed by atoms with Gasteiger partial charge in [-0.25, -0.2) is 5.43 Å². The molecule has 3 heteroatoms. The summed E-state index contributed by atoms with van der Waals surface area (Å²) in [5.41, 5.74) is 9.24. The van der Waals surface area contributed by atoms with Gasteiger partial charge in [0.1, 0.15) is 0 Å². The van der Waals surface area contributed by atoms with Crippen LogP contribution >= 0.6 is 22.6 Å². The van der Waals surface area contributed by atoms with E-state index >= 15 is 0 Å². The maximum absolute atomic E-state index is 5.81. The van der Waals surface area contributed by atoms with Gasteiger partial charge in [-0.15, -0.1) is 0 Å². The van der Waals surface area contributed by atoms with Crippen LogP contribution < -0.4 is 11.3 Å². The van der Waals surface area contributed by atoms with E-state index in [1.54, 1.807) is 0 Å². The van der Waals surface area contributed by atoms with E-state index in [9.17, 15) is 0 Å².